The number of rotatable bonds is 8. The lowest BCUT2D eigenvalue weighted by Gasteiger charge is -2.23. The molecular weight excluding hydrogens is 616 g/mol. The van der Waals surface area contributed by atoms with Gasteiger partial charge in [0.2, 0.25) is 0 Å². The zero-order chi connectivity index (χ0) is 35.5. The van der Waals surface area contributed by atoms with Crippen molar-refractivity contribution in [2.75, 3.05) is 40.4 Å². The summed E-state index contributed by atoms with van der Waals surface area (Å²) in [5.74, 6) is -1.42. The van der Waals surface area contributed by atoms with Crippen molar-refractivity contribution in [2.24, 2.45) is 11.8 Å². The lowest BCUT2D eigenvalue weighted by molar-refractivity contribution is -0.146. The first kappa shape index (κ1) is 38.3. The highest BCUT2D eigenvalue weighted by Crippen LogP contribution is 2.23. The second kappa shape index (κ2) is 17.3. The number of benzene rings is 2. The van der Waals surface area contributed by atoms with Crippen LogP contribution in [0.15, 0.2) is 60.7 Å². The molecule has 12 nitrogen and oxygen atoms in total. The summed E-state index contributed by atoms with van der Waals surface area (Å²) in [5.41, 5.74) is 1.18. The van der Waals surface area contributed by atoms with E-state index in [-0.39, 0.29) is 24.0 Å². The molecule has 2 heterocycles. The molecule has 2 saturated heterocycles. The fourth-order valence-electron chi connectivity index (χ4n) is 5.70. The number of methoxy groups -OCH3 is 2. The van der Waals surface area contributed by atoms with Gasteiger partial charge in [-0.2, -0.15) is 0 Å². The van der Waals surface area contributed by atoms with Gasteiger partial charge >= 0.3 is 24.1 Å². The predicted molar refractivity (Wildman–Crippen MR) is 181 cm³/mol. The van der Waals surface area contributed by atoms with Crippen molar-refractivity contribution >= 4 is 24.1 Å². The third-order valence-corrected chi connectivity index (χ3v) is 7.70. The zero-order valence-corrected chi connectivity index (χ0v) is 29.5. The summed E-state index contributed by atoms with van der Waals surface area (Å²) in [7, 11) is 2.74. The topological polar surface area (TPSA) is 136 Å². The molecule has 2 N–H and O–H groups in total. The minimum atomic E-state index is -0.576. The molecule has 0 spiro atoms. The predicted octanol–water partition coefficient (Wildman–Crippen LogP) is 4.37. The van der Waals surface area contributed by atoms with Gasteiger partial charge in [-0.05, 0) is 52.7 Å². The van der Waals surface area contributed by atoms with Crippen LogP contribution in [0.5, 0.6) is 0 Å². The van der Waals surface area contributed by atoms with Crippen LogP contribution in [0.1, 0.15) is 52.7 Å². The monoisotopic (exact) mass is 668 g/mol. The Kier molecular flexibility index (Phi) is 13.8. The van der Waals surface area contributed by atoms with E-state index in [0.29, 0.717) is 26.2 Å². The lowest BCUT2D eigenvalue weighted by atomic mass is 10.0. The smallest absolute Gasteiger partial charge is 0.407 e. The number of hydrogen-bond donors (Lipinski definition) is 2. The Bertz CT molecular complexity index is 1240. The van der Waals surface area contributed by atoms with Gasteiger partial charge in [-0.3, -0.25) is 19.4 Å². The number of esters is 2. The van der Waals surface area contributed by atoms with Gasteiger partial charge in [0.05, 0.1) is 38.1 Å². The first-order chi connectivity index (χ1) is 22.6. The van der Waals surface area contributed by atoms with E-state index in [1.54, 1.807) is 41.5 Å². The van der Waals surface area contributed by atoms with E-state index >= 15 is 0 Å². The van der Waals surface area contributed by atoms with Crippen LogP contribution in [0.3, 0.4) is 0 Å². The van der Waals surface area contributed by atoms with E-state index < -0.39 is 35.2 Å². The van der Waals surface area contributed by atoms with Crippen LogP contribution in [-0.4, -0.2) is 97.6 Å². The maximum atomic E-state index is 12.0. The third kappa shape index (κ3) is 12.8. The molecule has 2 fully saturated rings. The van der Waals surface area contributed by atoms with Crippen LogP contribution in [0.2, 0.25) is 0 Å². The highest BCUT2D eigenvalue weighted by atomic mass is 16.6. The maximum Gasteiger partial charge on any atom is 0.407 e. The molecular formula is C36H52N4O8. The number of nitrogens with one attached hydrogen (secondary N) is 2. The van der Waals surface area contributed by atoms with Crippen LogP contribution in [0.25, 0.3) is 0 Å². The van der Waals surface area contributed by atoms with Crippen molar-refractivity contribution in [1.29, 1.82) is 0 Å². The van der Waals surface area contributed by atoms with E-state index in [0.717, 1.165) is 13.1 Å². The SMILES string of the molecule is COC(=O)[C@@H]1CN(Cc2ccccc2)C[C@@H]1NC(=O)OC(C)(C)C.COC(=O)[C@H]1CN(Cc2ccccc2)C[C@H]1NC(=O)OC(C)(C)C. The first-order valence-electron chi connectivity index (χ1n) is 16.2. The molecule has 0 radical (unpaired) electrons. The van der Waals surface area contributed by atoms with Crippen molar-refractivity contribution < 1.29 is 38.1 Å². The van der Waals surface area contributed by atoms with E-state index in [2.05, 4.69) is 20.4 Å². The fourth-order valence-corrected chi connectivity index (χ4v) is 5.70. The number of ether oxygens (including phenoxy) is 4. The second-order valence-electron chi connectivity index (χ2n) is 14.1. The van der Waals surface area contributed by atoms with Crippen molar-refractivity contribution in [3.8, 4) is 0 Å². The number of alkyl carbamates (subject to hydrolysis) is 2. The number of carbonyl (C=O) groups excluding carboxylic acids is 4. The van der Waals surface area contributed by atoms with Gasteiger partial charge in [-0.25, -0.2) is 9.59 Å². The molecule has 0 saturated carbocycles. The molecule has 0 unspecified atom stereocenters. The lowest BCUT2D eigenvalue weighted by Crippen LogP contribution is -2.45. The van der Waals surface area contributed by atoms with Gasteiger partial charge in [-0.1, -0.05) is 60.7 Å². The summed E-state index contributed by atoms with van der Waals surface area (Å²) in [6.45, 7) is 14.5. The van der Waals surface area contributed by atoms with Gasteiger partial charge in [-0.15, -0.1) is 0 Å². The quantitative estimate of drug-likeness (QED) is 0.308. The van der Waals surface area contributed by atoms with Crippen molar-refractivity contribution in [3.63, 3.8) is 0 Å². The molecule has 12 heteroatoms. The number of carbonyl (C=O) groups is 4. The summed E-state index contributed by atoms with van der Waals surface area (Å²) in [4.78, 5) is 52.4. The van der Waals surface area contributed by atoms with E-state index in [1.807, 2.05) is 60.7 Å². The van der Waals surface area contributed by atoms with Crippen LogP contribution in [0, 0.1) is 11.8 Å². The normalized spacial score (nSPS) is 21.3. The van der Waals surface area contributed by atoms with Gasteiger partial charge in [0, 0.05) is 39.3 Å². The number of hydrogen-bond acceptors (Lipinski definition) is 10. The zero-order valence-electron chi connectivity index (χ0n) is 29.5. The molecule has 48 heavy (non-hydrogen) atoms. The Balaban J connectivity index is 0.000000260. The van der Waals surface area contributed by atoms with Gasteiger partial charge in [0.1, 0.15) is 11.2 Å². The number of likely N-dealkylation sites (tertiary alicyclic amines) is 2. The standard InChI is InChI=1S/2C18H26N2O4/c2*1-18(2,3)24-17(22)19-15-12-20(11-14(15)16(21)23-4)10-13-8-6-5-7-9-13/h2*5-9,14-15H,10-12H2,1-4H3,(H,19,22)/t2*14-,15+/m10/s1. The molecule has 0 aliphatic carbocycles. The fraction of sp³-hybridized carbons (Fsp3) is 0.556. The highest BCUT2D eigenvalue weighted by Gasteiger charge is 2.41. The molecule has 2 aromatic rings. The minimum Gasteiger partial charge on any atom is -0.469 e. The molecule has 0 aromatic heterocycles. The number of amides is 2. The maximum absolute atomic E-state index is 12.0. The molecule has 2 amide bonds. The largest absolute Gasteiger partial charge is 0.469 e. The van der Waals surface area contributed by atoms with Crippen molar-refractivity contribution in [2.45, 2.75) is 77.9 Å². The van der Waals surface area contributed by atoms with Gasteiger partial charge < -0.3 is 29.6 Å². The first-order valence-corrected chi connectivity index (χ1v) is 16.2. The molecule has 264 valence electrons. The average Bonchev–Trinajstić information content (AvgIpc) is 3.58. The summed E-state index contributed by atoms with van der Waals surface area (Å²) in [6.07, 6.45) is -1.02. The van der Waals surface area contributed by atoms with Crippen LogP contribution in [-0.2, 0) is 41.6 Å². The number of nitrogens with zero attached hydrogens (tertiary/aromatic N) is 2. The summed E-state index contributed by atoms with van der Waals surface area (Å²) in [5, 5.41) is 5.63. The summed E-state index contributed by atoms with van der Waals surface area (Å²) < 4.78 is 20.4. The molecule has 2 aromatic carbocycles. The Morgan fingerprint density at radius 2 is 0.938 bits per heavy atom. The van der Waals surface area contributed by atoms with E-state index in [1.165, 1.54) is 25.3 Å². The Labute approximate surface area is 284 Å². The summed E-state index contributed by atoms with van der Waals surface area (Å²) >= 11 is 0. The average molecular weight is 669 g/mol. The molecule has 4 rings (SSSR count). The summed E-state index contributed by atoms with van der Waals surface area (Å²) in [6, 6.07) is 19.4. The third-order valence-electron chi connectivity index (χ3n) is 7.70. The van der Waals surface area contributed by atoms with E-state index in [9.17, 15) is 19.2 Å². The van der Waals surface area contributed by atoms with Crippen LogP contribution < -0.4 is 10.6 Å². The molecule has 4 atom stereocenters. The minimum absolute atomic E-state index is 0.313. The van der Waals surface area contributed by atoms with Crippen LogP contribution >= 0.6 is 0 Å². The van der Waals surface area contributed by atoms with Crippen LogP contribution in [0.4, 0.5) is 9.59 Å². The van der Waals surface area contributed by atoms with E-state index in [4.69, 9.17) is 18.9 Å². The van der Waals surface area contributed by atoms with Crippen molar-refractivity contribution in [3.05, 3.63) is 71.8 Å². The molecule has 2 aliphatic rings. The van der Waals surface area contributed by atoms with Crippen molar-refractivity contribution in [1.82, 2.24) is 20.4 Å². The Hall–Kier alpha value is -4.16. The van der Waals surface area contributed by atoms with Gasteiger partial charge in [0.25, 0.3) is 0 Å². The highest BCUT2D eigenvalue weighted by molar-refractivity contribution is 5.76. The Morgan fingerprint density at radius 3 is 1.23 bits per heavy atom. The molecule has 0 bridgehead atoms. The van der Waals surface area contributed by atoms with Gasteiger partial charge in [0.15, 0.2) is 0 Å². The Morgan fingerprint density at radius 1 is 0.604 bits per heavy atom. The second-order valence-corrected chi connectivity index (χ2v) is 14.1. The molecule has 2 aliphatic heterocycles.